The molecule has 0 radical (unpaired) electrons. The van der Waals surface area contributed by atoms with Crippen LogP contribution in [0.4, 0.5) is 10.6 Å². The Morgan fingerprint density at radius 2 is 1.75 bits per heavy atom. The lowest BCUT2D eigenvalue weighted by Crippen LogP contribution is -2.48. The molecule has 14 nitrogen and oxygen atoms in total. The number of fused-ring (bicyclic) bond motifs is 2. The number of carbonyl (C=O) groups is 2. The molecule has 2 aromatic heterocycles. The van der Waals surface area contributed by atoms with Crippen molar-refractivity contribution in [3.05, 3.63) is 48.5 Å². The maximum Gasteiger partial charge on any atom is 0.320 e. The van der Waals surface area contributed by atoms with Gasteiger partial charge in [0, 0.05) is 30.4 Å². The van der Waals surface area contributed by atoms with E-state index in [-0.39, 0.29) is 29.6 Å². The first-order valence-corrected chi connectivity index (χ1v) is 17.1. The lowest BCUT2D eigenvalue weighted by atomic mass is 10.1. The summed E-state index contributed by atoms with van der Waals surface area (Å²) in [7, 11) is -3.30. The van der Waals surface area contributed by atoms with Crippen LogP contribution in [0.5, 0.6) is 0 Å². The number of ether oxygens (including phenoxy) is 3. The Bertz CT molecular complexity index is 1650. The lowest BCUT2D eigenvalue weighted by molar-refractivity contribution is -0.169. The van der Waals surface area contributed by atoms with Crippen molar-refractivity contribution in [2.24, 2.45) is 0 Å². The first-order chi connectivity index (χ1) is 21.2. The Hall–Kier alpha value is -3.66. The lowest BCUT2D eigenvalue weighted by Gasteiger charge is -2.28. The molecule has 44 heavy (non-hydrogen) atoms. The second-order valence-electron chi connectivity index (χ2n) is 11.9. The van der Waals surface area contributed by atoms with Gasteiger partial charge in [-0.05, 0) is 25.7 Å². The summed E-state index contributed by atoms with van der Waals surface area (Å²) in [5.41, 5.74) is 1.53. The van der Waals surface area contributed by atoms with E-state index in [2.05, 4.69) is 25.6 Å². The number of likely N-dealkylation sites (tertiary alicyclic amines) is 1. The van der Waals surface area contributed by atoms with Crippen molar-refractivity contribution in [1.29, 1.82) is 0 Å². The number of carbonyl (C=O) groups excluding carboxylic acids is 2. The molecule has 1 saturated carbocycles. The van der Waals surface area contributed by atoms with Gasteiger partial charge < -0.3 is 24.4 Å². The normalized spacial score (nSPS) is 28.9. The zero-order chi connectivity index (χ0) is 30.4. The van der Waals surface area contributed by atoms with Gasteiger partial charge in [0.1, 0.15) is 28.4 Å². The largest absolute Gasteiger partial charge is 0.339 e. The molecule has 0 spiro atoms. The fourth-order valence-electron chi connectivity index (χ4n) is 6.78. The number of hydrogen-bond acceptors (Lipinski definition) is 10. The summed E-state index contributed by atoms with van der Waals surface area (Å²) in [5.74, 6) is -0.200. The number of imidazole rings is 1. The average Bonchev–Trinajstić information content (AvgIpc) is 3.82. The van der Waals surface area contributed by atoms with Gasteiger partial charge in [0.25, 0.3) is 5.91 Å². The molecule has 2 N–H and O–H groups in total. The molecule has 3 aliphatic heterocycles. The van der Waals surface area contributed by atoms with Crippen LogP contribution in [0.25, 0.3) is 11.2 Å². The number of rotatable bonds is 7. The van der Waals surface area contributed by atoms with Gasteiger partial charge in [0.15, 0.2) is 35.6 Å². The van der Waals surface area contributed by atoms with Crippen molar-refractivity contribution in [2.45, 2.75) is 81.4 Å². The van der Waals surface area contributed by atoms with Gasteiger partial charge in [0.05, 0.1) is 12.1 Å². The van der Waals surface area contributed by atoms with Crippen molar-refractivity contribution in [3.8, 4) is 0 Å². The van der Waals surface area contributed by atoms with E-state index in [1.807, 2.05) is 30.3 Å². The van der Waals surface area contributed by atoms with E-state index in [0.29, 0.717) is 30.6 Å². The molecule has 15 heteroatoms. The first-order valence-electron chi connectivity index (χ1n) is 15.0. The summed E-state index contributed by atoms with van der Waals surface area (Å²) >= 11 is 0. The maximum absolute atomic E-state index is 14.0. The van der Waals surface area contributed by atoms with E-state index in [0.717, 1.165) is 31.2 Å². The van der Waals surface area contributed by atoms with Crippen LogP contribution < -0.4 is 10.6 Å². The predicted octanol–water partition coefficient (Wildman–Crippen LogP) is 2.31. The molecule has 6 unspecified atom stereocenters. The van der Waals surface area contributed by atoms with Crippen LogP contribution in [-0.4, -0.2) is 93.7 Å². The van der Waals surface area contributed by atoms with Crippen molar-refractivity contribution < 1.29 is 32.2 Å². The molecule has 4 fully saturated rings. The number of urea groups is 1. The minimum Gasteiger partial charge on any atom is -0.339 e. The van der Waals surface area contributed by atoms with Crippen LogP contribution in [0.2, 0.25) is 0 Å². The third-order valence-corrected chi connectivity index (χ3v) is 9.77. The van der Waals surface area contributed by atoms with Crippen LogP contribution in [0.1, 0.15) is 56.6 Å². The minimum atomic E-state index is -3.30. The van der Waals surface area contributed by atoms with E-state index in [1.54, 1.807) is 9.47 Å². The Labute approximate surface area is 254 Å². The van der Waals surface area contributed by atoms with Gasteiger partial charge in [-0.3, -0.25) is 14.7 Å². The number of amides is 3. The second-order valence-corrected chi connectivity index (χ2v) is 14.1. The minimum absolute atomic E-state index is 0.111. The number of nitrogens with zero attached hydrogens (tertiary/aromatic N) is 5. The van der Waals surface area contributed by atoms with Crippen molar-refractivity contribution in [3.63, 3.8) is 0 Å². The number of anilines is 1. The van der Waals surface area contributed by atoms with Crippen LogP contribution in [0.3, 0.4) is 0 Å². The Balaban J connectivity index is 1.18. The van der Waals surface area contributed by atoms with E-state index >= 15 is 0 Å². The van der Waals surface area contributed by atoms with Crippen LogP contribution in [-0.2, 0) is 28.8 Å². The molecule has 3 aromatic rings. The van der Waals surface area contributed by atoms with Crippen LogP contribution in [0.15, 0.2) is 43.0 Å². The molecular weight excluding hydrogens is 590 g/mol. The zero-order valence-electron chi connectivity index (χ0n) is 24.2. The Kier molecular flexibility index (Phi) is 7.72. The highest BCUT2D eigenvalue weighted by Crippen LogP contribution is 2.45. The third kappa shape index (κ3) is 5.64. The molecule has 5 heterocycles. The van der Waals surface area contributed by atoms with E-state index < -0.39 is 46.7 Å². The van der Waals surface area contributed by atoms with E-state index in [9.17, 15) is 18.0 Å². The van der Waals surface area contributed by atoms with Crippen LogP contribution in [0, 0.1) is 0 Å². The molecule has 1 aliphatic carbocycles. The molecule has 3 amide bonds. The highest BCUT2D eigenvalue weighted by Gasteiger charge is 2.57. The standard InChI is InChI=1S/C29H35N7O7S/c1-44(39,40)14-19-12-7-13-35(19)26(37)22-21-23(43-28(42-21)17-8-3-2-4-9-17)27(41-22)36-16-32-20-24(30-15-31-25(20)36)34-29(38)33-18-10-5-6-11-18/h2-4,8-9,15-16,18-19,21-23,27-28H,5-7,10-14H2,1H3,(H2,30,31,33,34,38). The summed E-state index contributed by atoms with van der Waals surface area (Å²) in [6.07, 6.45) is 5.29. The molecule has 234 valence electrons. The number of benzene rings is 1. The first kappa shape index (κ1) is 29.1. The summed E-state index contributed by atoms with van der Waals surface area (Å²) in [6.45, 7) is 0.434. The second kappa shape index (κ2) is 11.7. The highest BCUT2D eigenvalue weighted by atomic mass is 32.2. The molecule has 1 aromatic carbocycles. The fraction of sp³-hybridized carbons (Fsp3) is 0.552. The fourth-order valence-corrected chi connectivity index (χ4v) is 7.83. The number of aromatic nitrogens is 4. The van der Waals surface area contributed by atoms with Gasteiger partial charge in [-0.2, -0.15) is 0 Å². The van der Waals surface area contributed by atoms with E-state index in [1.165, 1.54) is 18.9 Å². The number of nitrogens with one attached hydrogen (secondary N) is 2. The van der Waals surface area contributed by atoms with Crippen LogP contribution >= 0.6 is 0 Å². The number of hydrogen-bond donors (Lipinski definition) is 2. The van der Waals surface area contributed by atoms with Gasteiger partial charge in [-0.15, -0.1) is 0 Å². The molecule has 7 rings (SSSR count). The molecule has 6 atom stereocenters. The summed E-state index contributed by atoms with van der Waals surface area (Å²) in [4.78, 5) is 41.5. The van der Waals surface area contributed by atoms with Gasteiger partial charge >= 0.3 is 6.03 Å². The highest BCUT2D eigenvalue weighted by molar-refractivity contribution is 7.90. The molecule has 3 saturated heterocycles. The SMILES string of the molecule is CS(=O)(=O)CC1CCCN1C(=O)C1OC(n2cnc3c(NC(=O)NC4CCCC4)ncnc32)C2OC(c3ccccc3)OC12. The molecular formula is C29H35N7O7S. The summed E-state index contributed by atoms with van der Waals surface area (Å²) < 4.78 is 45.0. The van der Waals surface area contributed by atoms with Crippen molar-refractivity contribution in [1.82, 2.24) is 29.7 Å². The average molecular weight is 626 g/mol. The smallest absolute Gasteiger partial charge is 0.320 e. The quantitative estimate of drug-likeness (QED) is 0.398. The topological polar surface area (TPSA) is 167 Å². The predicted molar refractivity (Wildman–Crippen MR) is 157 cm³/mol. The van der Waals surface area contributed by atoms with Gasteiger partial charge in [-0.25, -0.2) is 28.2 Å². The van der Waals surface area contributed by atoms with E-state index in [4.69, 9.17) is 14.2 Å². The van der Waals surface area contributed by atoms with Gasteiger partial charge in [-0.1, -0.05) is 43.2 Å². The van der Waals surface area contributed by atoms with Crippen molar-refractivity contribution in [2.75, 3.05) is 23.9 Å². The zero-order valence-corrected chi connectivity index (χ0v) is 25.1. The molecule has 4 aliphatic rings. The molecule has 0 bridgehead atoms. The number of sulfone groups is 1. The third-order valence-electron chi connectivity index (χ3n) is 8.78. The Morgan fingerprint density at radius 3 is 2.52 bits per heavy atom. The Morgan fingerprint density at radius 1 is 0.977 bits per heavy atom. The summed E-state index contributed by atoms with van der Waals surface area (Å²) in [6, 6.07) is 8.76. The van der Waals surface area contributed by atoms with Crippen molar-refractivity contribution >= 4 is 38.8 Å². The van der Waals surface area contributed by atoms with Gasteiger partial charge in [0.2, 0.25) is 0 Å². The maximum atomic E-state index is 14.0. The summed E-state index contributed by atoms with van der Waals surface area (Å²) in [5, 5.41) is 5.78. The monoisotopic (exact) mass is 625 g/mol.